The lowest BCUT2D eigenvalue weighted by Crippen LogP contribution is -2.49. The highest BCUT2D eigenvalue weighted by Crippen LogP contribution is 2.28. The van der Waals surface area contributed by atoms with Gasteiger partial charge in [-0.25, -0.2) is 9.59 Å². The van der Waals surface area contributed by atoms with E-state index in [9.17, 15) is 9.59 Å². The first kappa shape index (κ1) is 16.8. The van der Waals surface area contributed by atoms with Gasteiger partial charge in [-0.1, -0.05) is 20.8 Å². The summed E-state index contributed by atoms with van der Waals surface area (Å²) in [5, 5.41) is 14.4. The average molecular weight is 286 g/mol. The van der Waals surface area contributed by atoms with Gasteiger partial charge >= 0.3 is 12.0 Å². The van der Waals surface area contributed by atoms with Gasteiger partial charge in [0.15, 0.2) is 0 Å². The second-order valence-corrected chi connectivity index (χ2v) is 6.27. The van der Waals surface area contributed by atoms with Crippen molar-refractivity contribution >= 4 is 12.0 Å². The highest BCUT2D eigenvalue weighted by atomic mass is 16.5. The van der Waals surface area contributed by atoms with E-state index in [1.54, 1.807) is 0 Å². The zero-order valence-electron chi connectivity index (χ0n) is 12.6. The van der Waals surface area contributed by atoms with Crippen molar-refractivity contribution in [2.75, 3.05) is 19.8 Å². The molecule has 0 aromatic rings. The molecular weight excluding hydrogens is 260 g/mol. The van der Waals surface area contributed by atoms with Crippen molar-refractivity contribution in [3.8, 4) is 0 Å². The number of hydrogen-bond donors (Lipinski definition) is 3. The molecule has 116 valence electrons. The first-order chi connectivity index (χ1) is 9.32. The molecule has 20 heavy (non-hydrogen) atoms. The van der Waals surface area contributed by atoms with Crippen LogP contribution in [0.5, 0.6) is 0 Å². The Hall–Kier alpha value is -1.30. The van der Waals surface area contributed by atoms with Crippen LogP contribution in [0, 0.1) is 11.3 Å². The fraction of sp³-hybridized carbons (Fsp3) is 0.857. The molecule has 6 heteroatoms. The Kier molecular flexibility index (Phi) is 6.26. The quantitative estimate of drug-likeness (QED) is 0.692. The van der Waals surface area contributed by atoms with Crippen LogP contribution in [-0.2, 0) is 9.53 Å². The number of urea groups is 1. The predicted molar refractivity (Wildman–Crippen MR) is 75.6 cm³/mol. The monoisotopic (exact) mass is 286 g/mol. The van der Waals surface area contributed by atoms with Crippen LogP contribution in [0.25, 0.3) is 0 Å². The molecule has 1 fully saturated rings. The Balaban J connectivity index is 2.39. The molecule has 0 unspecified atom stereocenters. The second-order valence-electron chi connectivity index (χ2n) is 6.27. The zero-order chi connectivity index (χ0) is 15.2. The number of carbonyl (C=O) groups excluding carboxylic acids is 1. The lowest BCUT2D eigenvalue weighted by atomic mass is 9.82. The van der Waals surface area contributed by atoms with Crippen molar-refractivity contribution in [2.45, 2.75) is 46.1 Å². The summed E-state index contributed by atoms with van der Waals surface area (Å²) in [4.78, 5) is 22.9. The van der Waals surface area contributed by atoms with E-state index in [0.717, 1.165) is 12.8 Å². The number of nitrogens with one attached hydrogen (secondary N) is 2. The summed E-state index contributed by atoms with van der Waals surface area (Å²) < 4.78 is 5.31. The van der Waals surface area contributed by atoms with E-state index in [-0.39, 0.29) is 11.3 Å². The normalized spacial score (nSPS) is 19.4. The van der Waals surface area contributed by atoms with Gasteiger partial charge in [0.25, 0.3) is 0 Å². The van der Waals surface area contributed by atoms with Gasteiger partial charge < -0.3 is 20.5 Å². The van der Waals surface area contributed by atoms with Gasteiger partial charge in [0.05, 0.1) is 0 Å². The average Bonchev–Trinajstić information content (AvgIpc) is 2.36. The Morgan fingerprint density at radius 3 is 2.40 bits per heavy atom. The number of rotatable bonds is 6. The van der Waals surface area contributed by atoms with Gasteiger partial charge in [0, 0.05) is 19.8 Å². The smallest absolute Gasteiger partial charge is 0.326 e. The molecule has 3 N–H and O–H groups in total. The molecule has 1 atom stereocenters. The maximum atomic E-state index is 11.8. The lowest BCUT2D eigenvalue weighted by molar-refractivity contribution is -0.139. The van der Waals surface area contributed by atoms with E-state index in [1.165, 1.54) is 0 Å². The van der Waals surface area contributed by atoms with E-state index in [2.05, 4.69) is 17.6 Å². The number of carboxylic acids is 1. The van der Waals surface area contributed by atoms with Gasteiger partial charge in [-0.15, -0.1) is 0 Å². The standard InChI is InChI=1S/C14H26N2O4/c1-10(2)8-11(12(17)18)16-13(19)15-9-14(3)4-6-20-7-5-14/h10-11H,4-9H2,1-3H3,(H,17,18)(H2,15,16,19)/t11-/m0/s1. The predicted octanol–water partition coefficient (Wildman–Crippen LogP) is 1.60. The fourth-order valence-electron chi connectivity index (χ4n) is 2.24. The SMILES string of the molecule is CC(C)C[C@H](NC(=O)NCC1(C)CCOCC1)C(=O)O. The molecule has 0 bridgehead atoms. The van der Waals surface area contributed by atoms with Crippen LogP contribution in [0.3, 0.4) is 0 Å². The second kappa shape index (κ2) is 7.47. The summed E-state index contributed by atoms with van der Waals surface area (Å²) in [6.45, 7) is 7.93. The third kappa shape index (κ3) is 5.77. The van der Waals surface area contributed by atoms with Crippen LogP contribution in [0.15, 0.2) is 0 Å². The fourth-order valence-corrected chi connectivity index (χ4v) is 2.24. The third-order valence-electron chi connectivity index (χ3n) is 3.69. The van der Waals surface area contributed by atoms with Crippen LogP contribution >= 0.6 is 0 Å². The summed E-state index contributed by atoms with van der Waals surface area (Å²) >= 11 is 0. The first-order valence-corrected chi connectivity index (χ1v) is 7.17. The summed E-state index contributed by atoms with van der Waals surface area (Å²) in [5.41, 5.74) is 0.0341. The molecule has 1 aliphatic heterocycles. The third-order valence-corrected chi connectivity index (χ3v) is 3.69. The number of amides is 2. The molecule has 1 heterocycles. The molecule has 0 aromatic heterocycles. The van der Waals surface area contributed by atoms with E-state index in [1.807, 2.05) is 13.8 Å². The van der Waals surface area contributed by atoms with E-state index < -0.39 is 18.0 Å². The number of ether oxygens (including phenoxy) is 1. The van der Waals surface area contributed by atoms with Crippen LogP contribution in [0.2, 0.25) is 0 Å². The molecular formula is C14H26N2O4. The topological polar surface area (TPSA) is 87.7 Å². The summed E-state index contributed by atoms with van der Waals surface area (Å²) in [5.74, 6) is -0.782. The molecule has 2 amide bonds. The van der Waals surface area contributed by atoms with Crippen LogP contribution in [-0.4, -0.2) is 42.9 Å². The minimum Gasteiger partial charge on any atom is -0.480 e. The Bertz CT molecular complexity index is 338. The zero-order valence-corrected chi connectivity index (χ0v) is 12.6. The van der Waals surface area contributed by atoms with Crippen molar-refractivity contribution in [1.82, 2.24) is 10.6 Å². The summed E-state index contributed by atoms with van der Waals surface area (Å²) in [7, 11) is 0. The molecule has 0 spiro atoms. The number of carbonyl (C=O) groups is 2. The minimum absolute atomic E-state index is 0.0341. The van der Waals surface area contributed by atoms with Crippen molar-refractivity contribution in [3.63, 3.8) is 0 Å². The molecule has 0 radical (unpaired) electrons. The molecule has 6 nitrogen and oxygen atoms in total. The van der Waals surface area contributed by atoms with Gasteiger partial charge in [-0.05, 0) is 30.6 Å². The Morgan fingerprint density at radius 2 is 1.90 bits per heavy atom. The van der Waals surface area contributed by atoms with Gasteiger partial charge in [-0.3, -0.25) is 0 Å². The molecule has 0 saturated carbocycles. The van der Waals surface area contributed by atoms with Gasteiger partial charge in [-0.2, -0.15) is 0 Å². The molecule has 1 saturated heterocycles. The van der Waals surface area contributed by atoms with E-state index in [0.29, 0.717) is 26.2 Å². The molecule has 0 aliphatic carbocycles. The first-order valence-electron chi connectivity index (χ1n) is 7.17. The molecule has 1 rings (SSSR count). The van der Waals surface area contributed by atoms with Gasteiger partial charge in [0.2, 0.25) is 0 Å². The van der Waals surface area contributed by atoms with Crippen molar-refractivity contribution in [3.05, 3.63) is 0 Å². The van der Waals surface area contributed by atoms with Gasteiger partial charge in [0.1, 0.15) is 6.04 Å². The summed E-state index contributed by atoms with van der Waals surface area (Å²) in [6.07, 6.45) is 2.23. The van der Waals surface area contributed by atoms with E-state index >= 15 is 0 Å². The van der Waals surface area contributed by atoms with E-state index in [4.69, 9.17) is 9.84 Å². The summed E-state index contributed by atoms with van der Waals surface area (Å²) in [6, 6.07) is -1.25. The number of aliphatic carboxylic acids is 1. The number of carboxylic acid groups (broad SMARTS) is 1. The van der Waals surface area contributed by atoms with Crippen molar-refractivity contribution in [2.24, 2.45) is 11.3 Å². The highest BCUT2D eigenvalue weighted by Gasteiger charge is 2.28. The maximum Gasteiger partial charge on any atom is 0.326 e. The molecule has 1 aliphatic rings. The van der Waals surface area contributed by atoms with Crippen LogP contribution < -0.4 is 10.6 Å². The van der Waals surface area contributed by atoms with Crippen LogP contribution in [0.1, 0.15) is 40.0 Å². The van der Waals surface area contributed by atoms with Crippen molar-refractivity contribution < 1.29 is 19.4 Å². The largest absolute Gasteiger partial charge is 0.480 e. The lowest BCUT2D eigenvalue weighted by Gasteiger charge is -2.33. The number of hydrogen-bond acceptors (Lipinski definition) is 3. The molecule has 0 aromatic carbocycles. The Labute approximate surface area is 120 Å². The van der Waals surface area contributed by atoms with Crippen LogP contribution in [0.4, 0.5) is 4.79 Å². The van der Waals surface area contributed by atoms with Crippen molar-refractivity contribution in [1.29, 1.82) is 0 Å². The minimum atomic E-state index is -0.994. The highest BCUT2D eigenvalue weighted by molar-refractivity contribution is 5.82. The Morgan fingerprint density at radius 1 is 1.30 bits per heavy atom. The maximum absolute atomic E-state index is 11.8.